The van der Waals surface area contributed by atoms with Gasteiger partial charge in [-0.05, 0) is 13.3 Å². The van der Waals surface area contributed by atoms with Crippen LogP contribution in [0.2, 0.25) is 0 Å². The summed E-state index contributed by atoms with van der Waals surface area (Å²) in [6.45, 7) is 4.48. The molecule has 1 N–H and O–H groups in total. The highest BCUT2D eigenvalue weighted by Gasteiger charge is 2.39. The van der Waals surface area contributed by atoms with Crippen LogP contribution >= 0.6 is 0 Å². The van der Waals surface area contributed by atoms with Gasteiger partial charge in [0.1, 0.15) is 18.6 Å². The summed E-state index contributed by atoms with van der Waals surface area (Å²) < 4.78 is 9.35. The van der Waals surface area contributed by atoms with Gasteiger partial charge in [0.2, 0.25) is 5.91 Å². The Morgan fingerprint density at radius 3 is 2.57 bits per heavy atom. The molecule has 5 nitrogen and oxygen atoms in total. The van der Waals surface area contributed by atoms with Gasteiger partial charge in [0, 0.05) is 6.54 Å². The van der Waals surface area contributed by atoms with E-state index < -0.39 is 11.6 Å². The van der Waals surface area contributed by atoms with Gasteiger partial charge in [-0.25, -0.2) is 4.79 Å². The van der Waals surface area contributed by atoms with E-state index in [9.17, 15) is 9.59 Å². The van der Waals surface area contributed by atoms with E-state index in [2.05, 4.69) is 14.8 Å². The molecule has 14 heavy (non-hydrogen) atoms. The van der Waals surface area contributed by atoms with Crippen LogP contribution in [0.15, 0.2) is 0 Å². The standard InChI is InChI=1S/C9H15NO4/c1-3-4-10-7(11)9(2)5-13-8(12)14-6-9/h3-6H2,1-2H3,(H,10,11). The first-order chi connectivity index (χ1) is 6.58. The zero-order valence-electron chi connectivity index (χ0n) is 8.46. The molecule has 1 aliphatic rings. The van der Waals surface area contributed by atoms with Crippen molar-refractivity contribution in [2.24, 2.45) is 5.41 Å². The first kappa shape index (κ1) is 10.8. The highest BCUT2D eigenvalue weighted by molar-refractivity contribution is 5.83. The van der Waals surface area contributed by atoms with E-state index in [1.54, 1.807) is 6.92 Å². The number of hydrogen-bond donors (Lipinski definition) is 1. The summed E-state index contributed by atoms with van der Waals surface area (Å²) in [5, 5.41) is 2.75. The molecule has 5 heteroatoms. The van der Waals surface area contributed by atoms with Gasteiger partial charge < -0.3 is 14.8 Å². The number of rotatable bonds is 3. The van der Waals surface area contributed by atoms with E-state index in [1.165, 1.54) is 0 Å². The zero-order chi connectivity index (χ0) is 10.6. The van der Waals surface area contributed by atoms with Gasteiger partial charge in [0.05, 0.1) is 0 Å². The molecule has 0 aliphatic carbocycles. The number of carbonyl (C=O) groups is 2. The summed E-state index contributed by atoms with van der Waals surface area (Å²) >= 11 is 0. The van der Waals surface area contributed by atoms with Gasteiger partial charge in [-0.2, -0.15) is 0 Å². The predicted octanol–water partition coefficient (Wildman–Crippen LogP) is 0.686. The summed E-state index contributed by atoms with van der Waals surface area (Å²) in [4.78, 5) is 22.2. The minimum atomic E-state index is -0.747. The van der Waals surface area contributed by atoms with E-state index in [1.807, 2.05) is 6.92 Å². The van der Waals surface area contributed by atoms with Crippen molar-refractivity contribution in [2.75, 3.05) is 19.8 Å². The molecule has 0 aromatic rings. The number of cyclic esters (lactones) is 2. The minimum Gasteiger partial charge on any atom is -0.433 e. The molecule has 0 spiro atoms. The summed E-state index contributed by atoms with van der Waals surface area (Å²) in [7, 11) is 0. The molecule has 1 saturated heterocycles. The monoisotopic (exact) mass is 201 g/mol. The van der Waals surface area contributed by atoms with Crippen LogP contribution in [0.1, 0.15) is 20.3 Å². The van der Waals surface area contributed by atoms with Crippen LogP contribution in [-0.2, 0) is 14.3 Å². The fraction of sp³-hybridized carbons (Fsp3) is 0.778. The van der Waals surface area contributed by atoms with Crippen molar-refractivity contribution in [3.05, 3.63) is 0 Å². The molecule has 1 heterocycles. The Kier molecular flexibility index (Phi) is 3.33. The third kappa shape index (κ3) is 2.37. The predicted molar refractivity (Wildman–Crippen MR) is 48.7 cm³/mol. The van der Waals surface area contributed by atoms with Gasteiger partial charge in [-0.15, -0.1) is 0 Å². The van der Waals surface area contributed by atoms with Crippen LogP contribution in [0.3, 0.4) is 0 Å². The van der Waals surface area contributed by atoms with Crippen LogP contribution in [0.5, 0.6) is 0 Å². The number of hydrogen-bond acceptors (Lipinski definition) is 4. The van der Waals surface area contributed by atoms with Gasteiger partial charge in [0.25, 0.3) is 0 Å². The Hall–Kier alpha value is -1.26. The third-order valence-electron chi connectivity index (χ3n) is 2.10. The maximum Gasteiger partial charge on any atom is 0.508 e. The molecule has 0 unspecified atom stereocenters. The highest BCUT2D eigenvalue weighted by Crippen LogP contribution is 2.22. The van der Waals surface area contributed by atoms with E-state index in [0.717, 1.165) is 6.42 Å². The van der Waals surface area contributed by atoms with E-state index in [4.69, 9.17) is 0 Å². The fourth-order valence-corrected chi connectivity index (χ4v) is 1.10. The molecule has 0 atom stereocenters. The Morgan fingerprint density at radius 2 is 2.07 bits per heavy atom. The lowest BCUT2D eigenvalue weighted by Crippen LogP contribution is -2.48. The molecule has 80 valence electrons. The Labute approximate surface area is 82.8 Å². The average Bonchev–Trinajstić information content (AvgIpc) is 2.19. The SMILES string of the molecule is CCCNC(=O)C1(C)COC(=O)OC1. The van der Waals surface area contributed by atoms with Crippen LogP contribution in [0.4, 0.5) is 4.79 Å². The quantitative estimate of drug-likeness (QED) is 0.682. The van der Waals surface area contributed by atoms with E-state index >= 15 is 0 Å². The van der Waals surface area contributed by atoms with Crippen molar-refractivity contribution in [1.29, 1.82) is 0 Å². The van der Waals surface area contributed by atoms with Crippen molar-refractivity contribution in [1.82, 2.24) is 5.32 Å². The molecular formula is C9H15NO4. The average molecular weight is 201 g/mol. The third-order valence-corrected chi connectivity index (χ3v) is 2.10. The van der Waals surface area contributed by atoms with Crippen molar-refractivity contribution in [3.63, 3.8) is 0 Å². The van der Waals surface area contributed by atoms with E-state index in [-0.39, 0.29) is 19.1 Å². The van der Waals surface area contributed by atoms with Crippen molar-refractivity contribution >= 4 is 12.1 Å². The lowest BCUT2D eigenvalue weighted by atomic mass is 9.91. The second-order valence-electron chi connectivity index (χ2n) is 3.64. The lowest BCUT2D eigenvalue weighted by Gasteiger charge is -2.30. The van der Waals surface area contributed by atoms with Crippen LogP contribution in [0.25, 0.3) is 0 Å². The molecule has 0 radical (unpaired) electrons. The first-order valence-corrected chi connectivity index (χ1v) is 4.66. The number of ether oxygens (including phenoxy) is 2. The Morgan fingerprint density at radius 1 is 1.50 bits per heavy atom. The first-order valence-electron chi connectivity index (χ1n) is 4.66. The van der Waals surface area contributed by atoms with Crippen molar-refractivity contribution < 1.29 is 19.1 Å². The summed E-state index contributed by atoms with van der Waals surface area (Å²) in [5.41, 5.74) is -0.747. The Bertz CT molecular complexity index is 229. The highest BCUT2D eigenvalue weighted by atomic mass is 16.7. The van der Waals surface area contributed by atoms with Gasteiger partial charge in [0.15, 0.2) is 0 Å². The molecule has 0 aromatic carbocycles. The summed E-state index contributed by atoms with van der Waals surface area (Å²) in [6.07, 6.45) is 0.174. The molecule has 1 fully saturated rings. The van der Waals surface area contributed by atoms with Gasteiger partial charge in [-0.3, -0.25) is 4.79 Å². The van der Waals surface area contributed by atoms with Crippen LogP contribution in [0, 0.1) is 5.41 Å². The van der Waals surface area contributed by atoms with Crippen molar-refractivity contribution in [2.45, 2.75) is 20.3 Å². The molecular weight excluding hydrogens is 186 g/mol. The molecule has 1 amide bonds. The topological polar surface area (TPSA) is 64.6 Å². The largest absolute Gasteiger partial charge is 0.508 e. The molecule has 0 aromatic heterocycles. The maximum absolute atomic E-state index is 11.6. The Balaban J connectivity index is 2.48. The zero-order valence-corrected chi connectivity index (χ0v) is 8.46. The van der Waals surface area contributed by atoms with Gasteiger partial charge in [-0.1, -0.05) is 6.92 Å². The van der Waals surface area contributed by atoms with Gasteiger partial charge >= 0.3 is 6.16 Å². The second-order valence-corrected chi connectivity index (χ2v) is 3.64. The fourth-order valence-electron chi connectivity index (χ4n) is 1.10. The van der Waals surface area contributed by atoms with Crippen LogP contribution < -0.4 is 5.32 Å². The maximum atomic E-state index is 11.6. The van der Waals surface area contributed by atoms with Crippen LogP contribution in [-0.4, -0.2) is 31.8 Å². The summed E-state index contributed by atoms with van der Waals surface area (Å²) in [6, 6.07) is 0. The van der Waals surface area contributed by atoms with Crippen molar-refractivity contribution in [3.8, 4) is 0 Å². The number of amides is 1. The molecule has 1 aliphatic heterocycles. The smallest absolute Gasteiger partial charge is 0.433 e. The van der Waals surface area contributed by atoms with E-state index in [0.29, 0.717) is 6.54 Å². The minimum absolute atomic E-state index is 0.0847. The number of carbonyl (C=O) groups excluding carboxylic acids is 2. The molecule has 0 bridgehead atoms. The normalized spacial score (nSPS) is 19.4. The lowest BCUT2D eigenvalue weighted by molar-refractivity contribution is -0.141. The molecule has 0 saturated carbocycles. The number of nitrogens with one attached hydrogen (secondary N) is 1. The second kappa shape index (κ2) is 4.30. The molecule has 1 rings (SSSR count). The summed E-state index contributed by atoms with van der Waals surface area (Å²) in [5.74, 6) is -0.133.